The second-order valence-electron chi connectivity index (χ2n) is 5.04. The SMILES string of the molecule is CCNC(=O)N1C(=O)CC(C)=C(C#N)C1c1cccc(Br)c1. The first-order valence-electron chi connectivity index (χ1n) is 6.94. The van der Waals surface area contributed by atoms with Crippen molar-refractivity contribution in [2.75, 3.05) is 6.54 Å². The Bertz CT molecular complexity index is 691. The van der Waals surface area contributed by atoms with Crippen molar-refractivity contribution < 1.29 is 9.59 Å². The van der Waals surface area contributed by atoms with Gasteiger partial charge in [0.25, 0.3) is 0 Å². The number of halogens is 1. The lowest BCUT2D eigenvalue weighted by atomic mass is 9.89. The first-order chi connectivity index (χ1) is 10.5. The largest absolute Gasteiger partial charge is 0.338 e. The number of urea groups is 1. The van der Waals surface area contributed by atoms with Crippen molar-refractivity contribution in [1.82, 2.24) is 10.2 Å². The van der Waals surface area contributed by atoms with Crippen LogP contribution in [0.5, 0.6) is 0 Å². The predicted molar refractivity (Wildman–Crippen MR) is 85.7 cm³/mol. The summed E-state index contributed by atoms with van der Waals surface area (Å²) in [5, 5.41) is 12.1. The maximum Gasteiger partial charge on any atom is 0.324 e. The molecule has 1 aromatic carbocycles. The highest BCUT2D eigenvalue weighted by atomic mass is 79.9. The molecule has 1 N–H and O–H groups in total. The van der Waals surface area contributed by atoms with E-state index in [1.165, 1.54) is 0 Å². The molecule has 1 aromatic rings. The maximum absolute atomic E-state index is 12.4. The summed E-state index contributed by atoms with van der Waals surface area (Å²) in [6.07, 6.45) is 0.0878. The Morgan fingerprint density at radius 1 is 1.55 bits per heavy atom. The van der Waals surface area contributed by atoms with Gasteiger partial charge in [-0.25, -0.2) is 4.79 Å². The topological polar surface area (TPSA) is 73.2 Å². The Hall–Kier alpha value is -2.13. The zero-order chi connectivity index (χ0) is 16.3. The highest BCUT2D eigenvalue weighted by Gasteiger charge is 2.38. The molecule has 0 aliphatic carbocycles. The van der Waals surface area contributed by atoms with Gasteiger partial charge in [0.05, 0.1) is 11.6 Å². The number of carbonyl (C=O) groups excluding carboxylic acids is 2. The molecule has 0 saturated carbocycles. The van der Waals surface area contributed by atoms with Crippen LogP contribution in [0.4, 0.5) is 4.79 Å². The van der Waals surface area contributed by atoms with E-state index in [-0.39, 0.29) is 12.3 Å². The molecule has 6 heteroatoms. The molecule has 2 rings (SSSR count). The number of benzene rings is 1. The minimum atomic E-state index is -0.685. The lowest BCUT2D eigenvalue weighted by Crippen LogP contribution is -2.48. The summed E-state index contributed by atoms with van der Waals surface area (Å²) >= 11 is 3.39. The normalized spacial score (nSPS) is 18.2. The predicted octanol–water partition coefficient (Wildman–Crippen LogP) is 3.29. The van der Waals surface area contributed by atoms with Crippen LogP contribution in [0.2, 0.25) is 0 Å². The van der Waals surface area contributed by atoms with E-state index in [1.807, 2.05) is 24.3 Å². The number of hydrogen-bond donors (Lipinski definition) is 1. The minimum Gasteiger partial charge on any atom is -0.338 e. The lowest BCUT2D eigenvalue weighted by Gasteiger charge is -2.34. The van der Waals surface area contributed by atoms with Gasteiger partial charge in [0.15, 0.2) is 0 Å². The minimum absolute atomic E-state index is 0.0878. The second-order valence-corrected chi connectivity index (χ2v) is 5.96. The fourth-order valence-corrected chi connectivity index (χ4v) is 2.95. The Labute approximate surface area is 137 Å². The van der Waals surface area contributed by atoms with E-state index in [0.29, 0.717) is 17.7 Å². The van der Waals surface area contributed by atoms with Gasteiger partial charge in [-0.2, -0.15) is 5.26 Å². The summed E-state index contributed by atoms with van der Waals surface area (Å²) in [7, 11) is 0. The summed E-state index contributed by atoms with van der Waals surface area (Å²) < 4.78 is 0.828. The van der Waals surface area contributed by atoms with Crippen molar-refractivity contribution >= 4 is 27.9 Å². The molecular weight excluding hydrogens is 346 g/mol. The van der Waals surface area contributed by atoms with E-state index in [9.17, 15) is 14.9 Å². The van der Waals surface area contributed by atoms with Crippen LogP contribution in [-0.4, -0.2) is 23.4 Å². The van der Waals surface area contributed by atoms with E-state index in [4.69, 9.17) is 0 Å². The second kappa shape index (κ2) is 6.75. The van der Waals surface area contributed by atoms with Gasteiger partial charge >= 0.3 is 6.03 Å². The first-order valence-corrected chi connectivity index (χ1v) is 7.74. The number of amides is 3. The Kier molecular flexibility index (Phi) is 4.99. The van der Waals surface area contributed by atoms with Crippen LogP contribution in [0.25, 0.3) is 0 Å². The monoisotopic (exact) mass is 361 g/mol. The molecule has 1 atom stereocenters. The van der Waals surface area contributed by atoms with Gasteiger partial charge in [-0.1, -0.05) is 28.1 Å². The fourth-order valence-electron chi connectivity index (χ4n) is 2.53. The molecule has 0 fully saturated rings. The van der Waals surface area contributed by atoms with Gasteiger partial charge in [-0.15, -0.1) is 0 Å². The molecule has 1 unspecified atom stereocenters. The van der Waals surface area contributed by atoms with Gasteiger partial charge in [-0.3, -0.25) is 9.69 Å². The van der Waals surface area contributed by atoms with E-state index < -0.39 is 12.1 Å². The van der Waals surface area contributed by atoms with Crippen LogP contribution >= 0.6 is 15.9 Å². The molecule has 5 nitrogen and oxygen atoms in total. The van der Waals surface area contributed by atoms with E-state index in [1.54, 1.807) is 13.8 Å². The number of nitriles is 1. The average Bonchev–Trinajstić information content (AvgIpc) is 2.46. The third-order valence-corrected chi connectivity index (χ3v) is 4.00. The van der Waals surface area contributed by atoms with Crippen molar-refractivity contribution in [2.45, 2.75) is 26.3 Å². The zero-order valence-corrected chi connectivity index (χ0v) is 14.0. The van der Waals surface area contributed by atoms with E-state index in [0.717, 1.165) is 14.9 Å². The molecule has 22 heavy (non-hydrogen) atoms. The lowest BCUT2D eigenvalue weighted by molar-refractivity contribution is -0.129. The smallest absolute Gasteiger partial charge is 0.324 e. The molecule has 0 saturated heterocycles. The van der Waals surface area contributed by atoms with Crippen LogP contribution in [-0.2, 0) is 4.79 Å². The molecule has 1 heterocycles. The molecule has 114 valence electrons. The summed E-state index contributed by atoms with van der Waals surface area (Å²) in [5.74, 6) is -0.299. The van der Waals surface area contributed by atoms with Crippen LogP contribution in [0.1, 0.15) is 31.9 Å². The van der Waals surface area contributed by atoms with Gasteiger partial charge in [0.2, 0.25) is 5.91 Å². The van der Waals surface area contributed by atoms with E-state index in [2.05, 4.69) is 27.3 Å². The number of hydrogen-bond acceptors (Lipinski definition) is 3. The van der Waals surface area contributed by atoms with Crippen LogP contribution in [0, 0.1) is 11.3 Å². The van der Waals surface area contributed by atoms with Crippen molar-refractivity contribution in [2.24, 2.45) is 0 Å². The summed E-state index contributed by atoms with van der Waals surface area (Å²) in [5.41, 5.74) is 1.88. The first kappa shape index (κ1) is 16.2. The zero-order valence-electron chi connectivity index (χ0n) is 12.4. The quantitative estimate of drug-likeness (QED) is 0.877. The molecule has 0 aromatic heterocycles. The molecule has 0 spiro atoms. The molecule has 1 aliphatic heterocycles. The van der Waals surface area contributed by atoms with Crippen LogP contribution in [0.3, 0.4) is 0 Å². The third-order valence-electron chi connectivity index (χ3n) is 3.51. The Balaban J connectivity index is 2.58. The van der Waals surface area contributed by atoms with Crippen LogP contribution < -0.4 is 5.32 Å². The van der Waals surface area contributed by atoms with E-state index >= 15 is 0 Å². The average molecular weight is 362 g/mol. The number of nitrogens with one attached hydrogen (secondary N) is 1. The Morgan fingerprint density at radius 3 is 2.86 bits per heavy atom. The Morgan fingerprint density at radius 2 is 2.27 bits per heavy atom. The number of nitrogens with zero attached hydrogens (tertiary/aromatic N) is 2. The maximum atomic E-state index is 12.4. The number of imide groups is 1. The highest BCUT2D eigenvalue weighted by molar-refractivity contribution is 9.10. The summed E-state index contributed by atoms with van der Waals surface area (Å²) in [4.78, 5) is 25.8. The summed E-state index contributed by atoms with van der Waals surface area (Å²) in [6.45, 7) is 3.96. The van der Waals surface area contributed by atoms with Crippen molar-refractivity contribution in [1.29, 1.82) is 5.26 Å². The van der Waals surface area contributed by atoms with Crippen molar-refractivity contribution in [3.63, 3.8) is 0 Å². The van der Waals surface area contributed by atoms with Gasteiger partial charge in [-0.05, 0) is 37.1 Å². The molecule has 1 aliphatic rings. The third kappa shape index (κ3) is 3.04. The standard InChI is InChI=1S/C16H16BrN3O2/c1-3-19-16(22)20-14(21)7-10(2)13(9-18)15(20)11-5-4-6-12(17)8-11/h4-6,8,15H,3,7H2,1-2H3,(H,19,22). The summed E-state index contributed by atoms with van der Waals surface area (Å²) in [6, 6.07) is 8.30. The van der Waals surface area contributed by atoms with Gasteiger partial charge in [0.1, 0.15) is 6.04 Å². The number of rotatable bonds is 2. The van der Waals surface area contributed by atoms with Crippen molar-refractivity contribution in [3.05, 3.63) is 45.4 Å². The molecule has 0 bridgehead atoms. The highest BCUT2D eigenvalue weighted by Crippen LogP contribution is 2.36. The molecule has 3 amide bonds. The fraction of sp³-hybridized carbons (Fsp3) is 0.312. The van der Waals surface area contributed by atoms with Gasteiger partial charge in [0, 0.05) is 17.4 Å². The van der Waals surface area contributed by atoms with Crippen LogP contribution in [0.15, 0.2) is 39.9 Å². The van der Waals surface area contributed by atoms with Crippen molar-refractivity contribution in [3.8, 4) is 6.07 Å². The van der Waals surface area contributed by atoms with Gasteiger partial charge < -0.3 is 5.32 Å². The molecule has 0 radical (unpaired) electrons. The number of carbonyl (C=O) groups is 2. The molecular formula is C16H16BrN3O2.